The van der Waals surface area contributed by atoms with Crippen LogP contribution in [0.3, 0.4) is 0 Å². The van der Waals surface area contributed by atoms with E-state index in [4.69, 9.17) is 9.41 Å². The van der Waals surface area contributed by atoms with Gasteiger partial charge in [0.05, 0.1) is 17.9 Å². The van der Waals surface area contributed by atoms with E-state index in [1.165, 1.54) is 18.4 Å². The van der Waals surface area contributed by atoms with Crippen molar-refractivity contribution < 1.29 is 4.42 Å². The average Bonchev–Trinajstić information content (AvgIpc) is 3.20. The molecule has 0 radical (unpaired) electrons. The topological polar surface area (TPSA) is 64.8 Å². The Kier molecular flexibility index (Phi) is 5.45. The fraction of sp³-hybridized carbons (Fsp3) is 0.476. The van der Waals surface area contributed by atoms with Crippen molar-refractivity contribution >= 4 is 5.82 Å². The summed E-state index contributed by atoms with van der Waals surface area (Å²) in [6, 6.07) is 11.4. The van der Waals surface area contributed by atoms with Crippen LogP contribution in [0.25, 0.3) is 5.82 Å². The Bertz CT molecular complexity index is 853. The van der Waals surface area contributed by atoms with Crippen LogP contribution in [0, 0.1) is 0 Å². The molecule has 0 amide bonds. The Labute approximate surface area is 160 Å². The van der Waals surface area contributed by atoms with Gasteiger partial charge in [0, 0.05) is 43.5 Å². The first-order chi connectivity index (χ1) is 13.2. The zero-order valence-electron chi connectivity index (χ0n) is 16.1. The van der Waals surface area contributed by atoms with E-state index in [9.17, 15) is 0 Å². The lowest BCUT2D eigenvalue weighted by molar-refractivity contribution is 0.276. The summed E-state index contributed by atoms with van der Waals surface area (Å²) in [5.74, 6) is 1.12. The van der Waals surface area contributed by atoms with E-state index in [2.05, 4.69) is 59.2 Å². The zero-order chi connectivity index (χ0) is 18.6. The normalized spacial score (nSPS) is 24.7. The lowest BCUT2D eigenvalue weighted by Crippen LogP contribution is -2.55. The molecule has 1 aromatic carbocycles. The van der Waals surface area contributed by atoms with Crippen molar-refractivity contribution in [1.29, 1.82) is 0 Å². The number of rotatable bonds is 6. The number of nitrogens with one attached hydrogen (secondary N) is 3. The maximum absolute atomic E-state index is 5.13. The number of para-hydroxylation sites is 1. The van der Waals surface area contributed by atoms with Crippen LogP contribution in [0.2, 0.25) is 0 Å². The van der Waals surface area contributed by atoms with Crippen LogP contribution in [0.15, 0.2) is 52.3 Å². The van der Waals surface area contributed by atoms with Crippen molar-refractivity contribution in [3.05, 3.63) is 59.0 Å². The average molecular weight is 367 g/mol. The summed E-state index contributed by atoms with van der Waals surface area (Å²) in [6.45, 7) is 0.886. The Hall–Kier alpha value is -2.31. The summed E-state index contributed by atoms with van der Waals surface area (Å²) in [5, 5.41) is 13.1. The Morgan fingerprint density at radius 2 is 1.89 bits per heavy atom. The van der Waals surface area contributed by atoms with Crippen LogP contribution in [0.4, 0.5) is 0 Å². The van der Waals surface area contributed by atoms with Crippen LogP contribution >= 0.6 is 0 Å². The Morgan fingerprint density at radius 3 is 2.63 bits per heavy atom. The van der Waals surface area contributed by atoms with Gasteiger partial charge < -0.3 is 20.0 Å². The van der Waals surface area contributed by atoms with Crippen molar-refractivity contribution in [1.82, 2.24) is 20.9 Å². The molecular weight excluding hydrogens is 338 g/mol. The maximum Gasteiger partial charge on any atom is 0.175 e. The third kappa shape index (κ3) is 4.34. The molecule has 1 aliphatic heterocycles. The van der Waals surface area contributed by atoms with Gasteiger partial charge in [-0.1, -0.05) is 12.1 Å². The SMILES string of the molecule is CN(C)C1=c2ccccc2=NC(N[C@H]2CC[C@@H](NCc3ccoc3)CC2)N1. The van der Waals surface area contributed by atoms with Gasteiger partial charge in [0.25, 0.3) is 0 Å². The monoisotopic (exact) mass is 367 g/mol. The van der Waals surface area contributed by atoms with Gasteiger partial charge in [0.2, 0.25) is 0 Å². The summed E-state index contributed by atoms with van der Waals surface area (Å²) in [4.78, 5) is 6.99. The molecule has 6 nitrogen and oxygen atoms in total. The highest BCUT2D eigenvalue weighted by atomic mass is 16.3. The molecule has 4 rings (SSSR count). The molecule has 2 aliphatic rings. The van der Waals surface area contributed by atoms with Gasteiger partial charge in [-0.05, 0) is 43.9 Å². The van der Waals surface area contributed by atoms with E-state index in [1.807, 2.05) is 12.3 Å². The van der Waals surface area contributed by atoms with E-state index in [0.717, 1.165) is 35.8 Å². The highest BCUT2D eigenvalue weighted by Crippen LogP contribution is 2.20. The molecule has 2 aromatic rings. The van der Waals surface area contributed by atoms with Crippen LogP contribution in [0.1, 0.15) is 31.2 Å². The highest BCUT2D eigenvalue weighted by Gasteiger charge is 2.24. The van der Waals surface area contributed by atoms with Crippen molar-refractivity contribution in [3.63, 3.8) is 0 Å². The van der Waals surface area contributed by atoms with Gasteiger partial charge in [0.1, 0.15) is 5.82 Å². The molecule has 0 spiro atoms. The van der Waals surface area contributed by atoms with Gasteiger partial charge in [-0.25, -0.2) is 4.99 Å². The smallest absolute Gasteiger partial charge is 0.175 e. The predicted octanol–water partition coefficient (Wildman–Crippen LogP) is 1.10. The number of hydrogen-bond donors (Lipinski definition) is 3. The van der Waals surface area contributed by atoms with Crippen LogP contribution in [-0.2, 0) is 6.54 Å². The largest absolute Gasteiger partial charge is 0.472 e. The molecule has 0 bridgehead atoms. The lowest BCUT2D eigenvalue weighted by atomic mass is 9.91. The molecule has 0 saturated heterocycles. The third-order valence-corrected chi connectivity index (χ3v) is 5.44. The molecule has 1 unspecified atom stereocenters. The molecule has 1 atom stereocenters. The number of hydrogen-bond acceptors (Lipinski definition) is 6. The predicted molar refractivity (Wildman–Crippen MR) is 106 cm³/mol. The van der Waals surface area contributed by atoms with E-state index in [-0.39, 0.29) is 6.29 Å². The molecule has 1 aliphatic carbocycles. The highest BCUT2D eigenvalue weighted by molar-refractivity contribution is 5.41. The molecule has 1 saturated carbocycles. The van der Waals surface area contributed by atoms with Gasteiger partial charge in [-0.15, -0.1) is 0 Å². The van der Waals surface area contributed by atoms with Gasteiger partial charge in [-0.2, -0.15) is 0 Å². The molecule has 2 heterocycles. The summed E-state index contributed by atoms with van der Waals surface area (Å²) in [7, 11) is 4.14. The summed E-state index contributed by atoms with van der Waals surface area (Å²) in [5.41, 5.74) is 1.21. The third-order valence-electron chi connectivity index (χ3n) is 5.44. The minimum absolute atomic E-state index is 0.0715. The second kappa shape index (κ2) is 8.15. The fourth-order valence-corrected chi connectivity index (χ4v) is 3.96. The quantitative estimate of drug-likeness (QED) is 0.714. The molecule has 1 aromatic heterocycles. The van der Waals surface area contributed by atoms with Crippen LogP contribution in [-0.4, -0.2) is 37.4 Å². The first-order valence-electron chi connectivity index (χ1n) is 9.80. The molecule has 6 heteroatoms. The van der Waals surface area contributed by atoms with Crippen LogP contribution in [0.5, 0.6) is 0 Å². The summed E-state index contributed by atoms with van der Waals surface area (Å²) < 4.78 is 5.13. The van der Waals surface area contributed by atoms with Gasteiger partial charge in [0.15, 0.2) is 6.29 Å². The molecule has 144 valence electrons. The first kappa shape index (κ1) is 18.1. The minimum Gasteiger partial charge on any atom is -0.472 e. The van der Waals surface area contributed by atoms with E-state index in [0.29, 0.717) is 12.1 Å². The minimum atomic E-state index is -0.0715. The Morgan fingerprint density at radius 1 is 1.11 bits per heavy atom. The van der Waals surface area contributed by atoms with Crippen molar-refractivity contribution in [2.24, 2.45) is 4.99 Å². The summed E-state index contributed by atoms with van der Waals surface area (Å²) >= 11 is 0. The lowest BCUT2D eigenvalue weighted by Gasteiger charge is -2.34. The second-order valence-electron chi connectivity index (χ2n) is 7.66. The zero-order valence-corrected chi connectivity index (χ0v) is 16.1. The molecule has 1 fully saturated rings. The number of furan rings is 1. The standard InChI is InChI=1S/C21H29N5O/c1-26(2)20-18-5-3-4-6-19(18)24-21(25-20)23-17-9-7-16(8-10-17)22-13-15-11-12-27-14-15/h3-6,11-12,14,16-17,21-23,25H,7-10,13H2,1-2H3/t16-,17+,21?. The molecule has 3 N–H and O–H groups in total. The Balaban J connectivity index is 1.33. The molecule has 27 heavy (non-hydrogen) atoms. The van der Waals surface area contributed by atoms with E-state index >= 15 is 0 Å². The first-order valence-corrected chi connectivity index (χ1v) is 9.80. The van der Waals surface area contributed by atoms with E-state index in [1.54, 1.807) is 6.26 Å². The number of benzene rings is 1. The van der Waals surface area contributed by atoms with Crippen molar-refractivity contribution in [3.8, 4) is 0 Å². The van der Waals surface area contributed by atoms with Crippen molar-refractivity contribution in [2.45, 2.75) is 50.6 Å². The molecular formula is C21H29N5O. The van der Waals surface area contributed by atoms with Crippen molar-refractivity contribution in [2.75, 3.05) is 14.1 Å². The number of fused-ring (bicyclic) bond motifs is 1. The maximum atomic E-state index is 5.13. The van der Waals surface area contributed by atoms with Crippen LogP contribution < -0.4 is 26.5 Å². The van der Waals surface area contributed by atoms with Gasteiger partial charge in [-0.3, -0.25) is 5.32 Å². The number of nitrogens with zero attached hydrogens (tertiary/aromatic N) is 2. The second-order valence-corrected chi connectivity index (χ2v) is 7.66. The fourth-order valence-electron chi connectivity index (χ4n) is 3.96. The van der Waals surface area contributed by atoms with E-state index < -0.39 is 0 Å². The summed E-state index contributed by atoms with van der Waals surface area (Å²) in [6.07, 6.45) is 8.16. The van der Waals surface area contributed by atoms with Gasteiger partial charge >= 0.3 is 0 Å².